The number of halogens is 6. The molecule has 0 radical (unpaired) electrons. The first-order valence-electron chi connectivity index (χ1n) is 12.9. The van der Waals surface area contributed by atoms with E-state index >= 15 is 0 Å². The van der Waals surface area contributed by atoms with Crippen molar-refractivity contribution in [2.45, 2.75) is 50.4 Å². The molecule has 0 amide bonds. The lowest BCUT2D eigenvalue weighted by molar-refractivity contribution is -0.193. The van der Waals surface area contributed by atoms with Crippen molar-refractivity contribution in [3.8, 4) is 5.75 Å². The van der Waals surface area contributed by atoms with Crippen LogP contribution in [0.5, 0.6) is 5.75 Å². The Morgan fingerprint density at radius 1 is 1.07 bits per heavy atom. The minimum absolute atomic E-state index is 0.137. The maximum atomic E-state index is 10.6. The predicted molar refractivity (Wildman–Crippen MR) is 138 cm³/mol. The van der Waals surface area contributed by atoms with E-state index in [9.17, 15) is 26.3 Å². The second-order valence-corrected chi connectivity index (χ2v) is 9.32. The molecule has 4 rings (SSSR count). The third kappa shape index (κ3) is 12.6. The lowest BCUT2D eigenvalue weighted by atomic mass is 9.99. The Labute approximate surface area is 242 Å². The van der Waals surface area contributed by atoms with Gasteiger partial charge in [0.15, 0.2) is 0 Å². The number of para-hydroxylation sites is 1. The van der Waals surface area contributed by atoms with E-state index in [2.05, 4.69) is 32.3 Å². The highest BCUT2D eigenvalue weighted by Crippen LogP contribution is 2.34. The molecule has 1 spiro atoms. The fourth-order valence-corrected chi connectivity index (χ4v) is 4.15. The molecule has 2 aliphatic heterocycles. The van der Waals surface area contributed by atoms with Gasteiger partial charge >= 0.3 is 24.3 Å². The molecule has 3 N–H and O–H groups in total. The summed E-state index contributed by atoms with van der Waals surface area (Å²) in [4.78, 5) is 28.7. The normalized spacial score (nSPS) is 20.6. The number of aliphatic carboxylic acids is 2. The van der Waals surface area contributed by atoms with E-state index in [0.29, 0.717) is 25.7 Å². The molecule has 3 heterocycles. The van der Waals surface area contributed by atoms with Crippen LogP contribution in [0.1, 0.15) is 25.3 Å². The van der Waals surface area contributed by atoms with Crippen molar-refractivity contribution in [1.29, 1.82) is 0 Å². The van der Waals surface area contributed by atoms with Crippen molar-refractivity contribution in [3.05, 3.63) is 48.3 Å². The monoisotopic (exact) mass is 626 g/mol. The van der Waals surface area contributed by atoms with Gasteiger partial charge in [0.2, 0.25) is 5.95 Å². The van der Waals surface area contributed by atoms with Crippen LogP contribution in [-0.4, -0.2) is 101 Å². The number of aromatic nitrogens is 2. The van der Waals surface area contributed by atoms with Gasteiger partial charge < -0.3 is 29.7 Å². The van der Waals surface area contributed by atoms with Crippen LogP contribution >= 0.6 is 0 Å². The van der Waals surface area contributed by atoms with Gasteiger partial charge in [-0.15, -0.1) is 0 Å². The molecule has 11 nitrogen and oxygen atoms in total. The number of alkyl halides is 6. The number of ether oxygens (including phenoxy) is 3. The summed E-state index contributed by atoms with van der Waals surface area (Å²) in [5.74, 6) is -3.91. The summed E-state index contributed by atoms with van der Waals surface area (Å²) >= 11 is 0. The van der Waals surface area contributed by atoms with Gasteiger partial charge in [-0.25, -0.2) is 19.6 Å². The standard InChI is InChI=1S/C22H30N4O3.2C2HF3O2/c1-2-28-20-7-4-3-6-18(20)15-26-12-13-27-17-22(16-26)9-8-19(29-22)14-25-21-23-10-5-11-24-21;2*3-2(4,5)1(6)7/h3-7,10-11,19H,2,8-9,12-17H2,1H3,(H,23,24,25);2*(H,6,7)/t19-,22+;;/m1../s1. The Morgan fingerprint density at radius 2 is 1.67 bits per heavy atom. The Hall–Kier alpha value is -3.70. The third-order valence-electron chi connectivity index (χ3n) is 5.97. The number of hydrogen-bond donors (Lipinski definition) is 3. The average molecular weight is 627 g/mol. The van der Waals surface area contributed by atoms with E-state index in [1.807, 2.05) is 25.1 Å². The molecule has 2 saturated heterocycles. The fourth-order valence-electron chi connectivity index (χ4n) is 4.15. The smallest absolute Gasteiger partial charge is 0.490 e. The van der Waals surface area contributed by atoms with Gasteiger partial charge in [-0.2, -0.15) is 26.3 Å². The van der Waals surface area contributed by atoms with Gasteiger partial charge in [0.05, 0.1) is 25.9 Å². The molecular formula is C26H32F6N4O7. The molecule has 2 aliphatic rings. The number of carboxylic acids is 2. The Balaban J connectivity index is 0.000000384. The van der Waals surface area contributed by atoms with Gasteiger partial charge in [-0.3, -0.25) is 4.90 Å². The van der Waals surface area contributed by atoms with E-state index in [-0.39, 0.29) is 11.7 Å². The molecule has 0 bridgehead atoms. The van der Waals surface area contributed by atoms with Crippen LogP contribution in [0.2, 0.25) is 0 Å². The van der Waals surface area contributed by atoms with Crippen molar-refractivity contribution in [2.75, 3.05) is 44.8 Å². The summed E-state index contributed by atoms with van der Waals surface area (Å²) < 4.78 is 81.7. The number of nitrogens with zero attached hydrogens (tertiary/aromatic N) is 3. The second kappa shape index (κ2) is 16.2. The molecular weight excluding hydrogens is 594 g/mol. The lowest BCUT2D eigenvalue weighted by Gasteiger charge is -2.32. The molecule has 0 aliphatic carbocycles. The third-order valence-corrected chi connectivity index (χ3v) is 5.97. The summed E-state index contributed by atoms with van der Waals surface area (Å²) in [6, 6.07) is 10.1. The van der Waals surface area contributed by atoms with Crippen LogP contribution in [0.15, 0.2) is 42.7 Å². The molecule has 17 heteroatoms. The zero-order chi connectivity index (χ0) is 32.1. The van der Waals surface area contributed by atoms with Crippen LogP contribution in [0.25, 0.3) is 0 Å². The summed E-state index contributed by atoms with van der Waals surface area (Å²) in [7, 11) is 0. The molecule has 0 saturated carbocycles. The van der Waals surface area contributed by atoms with Gasteiger partial charge in [0, 0.05) is 44.1 Å². The summed E-state index contributed by atoms with van der Waals surface area (Å²) in [6.07, 6.45) is -4.55. The number of benzene rings is 1. The highest BCUT2D eigenvalue weighted by molar-refractivity contribution is 5.73. The van der Waals surface area contributed by atoms with Crippen molar-refractivity contribution in [3.63, 3.8) is 0 Å². The number of anilines is 1. The van der Waals surface area contributed by atoms with Gasteiger partial charge in [-0.05, 0) is 31.9 Å². The van der Waals surface area contributed by atoms with Gasteiger partial charge in [-0.1, -0.05) is 18.2 Å². The average Bonchev–Trinajstić information content (AvgIpc) is 3.22. The number of carbonyl (C=O) groups is 2. The summed E-state index contributed by atoms with van der Waals surface area (Å²) in [5.41, 5.74) is 0.963. The van der Waals surface area contributed by atoms with Crippen LogP contribution in [0.3, 0.4) is 0 Å². The zero-order valence-electron chi connectivity index (χ0n) is 23.0. The SMILES string of the molecule is CCOc1ccccc1CN1CCOC[C@]2(CC[C@H](CNc3ncccn3)O2)C1.O=C(O)C(F)(F)F.O=C(O)C(F)(F)F. The minimum Gasteiger partial charge on any atom is -0.494 e. The zero-order valence-corrected chi connectivity index (χ0v) is 23.0. The summed E-state index contributed by atoms with van der Waals surface area (Å²) in [5, 5.41) is 17.5. The Bertz CT molecular complexity index is 1130. The van der Waals surface area contributed by atoms with E-state index in [1.54, 1.807) is 12.4 Å². The van der Waals surface area contributed by atoms with E-state index in [1.165, 1.54) is 5.56 Å². The van der Waals surface area contributed by atoms with Gasteiger partial charge in [0.25, 0.3) is 0 Å². The van der Waals surface area contributed by atoms with Crippen LogP contribution in [0.4, 0.5) is 32.3 Å². The van der Waals surface area contributed by atoms with Crippen molar-refractivity contribution < 1.29 is 60.4 Å². The largest absolute Gasteiger partial charge is 0.494 e. The molecule has 2 atom stereocenters. The molecule has 1 aromatic heterocycles. The van der Waals surface area contributed by atoms with Crippen molar-refractivity contribution >= 4 is 17.9 Å². The maximum absolute atomic E-state index is 10.6. The first-order chi connectivity index (χ1) is 20.1. The fraction of sp³-hybridized carbons (Fsp3) is 0.538. The van der Waals surface area contributed by atoms with E-state index in [4.69, 9.17) is 34.0 Å². The number of hydrogen-bond acceptors (Lipinski definition) is 9. The quantitative estimate of drug-likeness (QED) is 0.384. The van der Waals surface area contributed by atoms with Gasteiger partial charge in [0.1, 0.15) is 11.4 Å². The van der Waals surface area contributed by atoms with E-state index in [0.717, 1.165) is 44.8 Å². The van der Waals surface area contributed by atoms with Crippen molar-refractivity contribution in [2.24, 2.45) is 0 Å². The number of rotatable bonds is 7. The first kappa shape index (κ1) is 35.5. The lowest BCUT2D eigenvalue weighted by Crippen LogP contribution is -2.44. The molecule has 0 unspecified atom stereocenters. The van der Waals surface area contributed by atoms with E-state index < -0.39 is 24.3 Å². The highest BCUT2D eigenvalue weighted by atomic mass is 19.4. The Morgan fingerprint density at radius 3 is 2.26 bits per heavy atom. The predicted octanol–water partition coefficient (Wildman–Crippen LogP) is 4.00. The Kier molecular flexibility index (Phi) is 13.4. The highest BCUT2D eigenvalue weighted by Gasteiger charge is 2.43. The van der Waals surface area contributed by atoms with Crippen LogP contribution < -0.4 is 10.1 Å². The second-order valence-electron chi connectivity index (χ2n) is 9.32. The molecule has 2 aromatic rings. The maximum Gasteiger partial charge on any atom is 0.490 e. The topological polar surface area (TPSA) is 143 Å². The minimum atomic E-state index is -5.08. The number of carboxylic acid groups (broad SMARTS) is 2. The van der Waals surface area contributed by atoms with Crippen LogP contribution in [0, 0.1) is 0 Å². The molecule has 240 valence electrons. The molecule has 43 heavy (non-hydrogen) atoms. The summed E-state index contributed by atoms with van der Waals surface area (Å²) in [6.45, 7) is 7.37. The number of nitrogens with one attached hydrogen (secondary N) is 1. The molecule has 1 aromatic carbocycles. The first-order valence-corrected chi connectivity index (χ1v) is 12.9. The molecule has 2 fully saturated rings. The van der Waals surface area contributed by atoms with Crippen molar-refractivity contribution in [1.82, 2.24) is 14.9 Å². The van der Waals surface area contributed by atoms with Crippen LogP contribution in [-0.2, 0) is 25.6 Å².